The first-order valence-corrected chi connectivity index (χ1v) is 7.28. The lowest BCUT2D eigenvalue weighted by Crippen LogP contribution is -2.52. The van der Waals surface area contributed by atoms with Gasteiger partial charge in [-0.15, -0.1) is 10.2 Å². The number of rotatable bonds is 7. The maximum atomic E-state index is 12.3. The number of hydrogen-bond acceptors (Lipinski definition) is 7. The van der Waals surface area contributed by atoms with Crippen molar-refractivity contribution in [2.45, 2.75) is 37.8 Å². The number of aromatic amines is 1. The zero-order valence-corrected chi connectivity index (χ0v) is 12.4. The lowest BCUT2D eigenvalue weighted by molar-refractivity contribution is -0.143. The molecule has 0 radical (unpaired) electrons. The first-order valence-electron chi connectivity index (χ1n) is 7.28. The summed E-state index contributed by atoms with van der Waals surface area (Å²) in [6.07, 6.45) is 1.56. The topological polar surface area (TPSA) is 167 Å². The van der Waals surface area contributed by atoms with E-state index >= 15 is 0 Å². The molecule has 0 bridgehead atoms. The fourth-order valence-electron chi connectivity index (χ4n) is 2.54. The molecule has 2 rings (SSSR count). The molecule has 1 saturated heterocycles. The predicted molar refractivity (Wildman–Crippen MR) is 75.9 cm³/mol. The molecule has 1 aromatic heterocycles. The third-order valence-electron chi connectivity index (χ3n) is 3.71. The first kappa shape index (κ1) is 16.8. The Hall–Kier alpha value is -2.56. The van der Waals surface area contributed by atoms with E-state index in [0.717, 1.165) is 0 Å². The van der Waals surface area contributed by atoms with E-state index in [1.807, 2.05) is 0 Å². The zero-order valence-electron chi connectivity index (χ0n) is 12.4. The van der Waals surface area contributed by atoms with Crippen molar-refractivity contribution in [3.05, 3.63) is 5.82 Å². The van der Waals surface area contributed by atoms with Gasteiger partial charge in [0.25, 0.3) is 0 Å². The van der Waals surface area contributed by atoms with Gasteiger partial charge in [0.15, 0.2) is 5.82 Å². The Morgan fingerprint density at radius 2 is 2.26 bits per heavy atom. The van der Waals surface area contributed by atoms with E-state index in [1.165, 1.54) is 4.90 Å². The Morgan fingerprint density at radius 1 is 1.48 bits per heavy atom. The molecule has 0 aromatic carbocycles. The number of hydrogen-bond donors (Lipinski definition) is 4. The Bertz CT molecular complexity index is 562. The van der Waals surface area contributed by atoms with Crippen molar-refractivity contribution in [3.8, 4) is 0 Å². The van der Waals surface area contributed by atoms with Crippen molar-refractivity contribution in [3.63, 3.8) is 0 Å². The highest BCUT2D eigenvalue weighted by molar-refractivity contribution is 5.91. The molecule has 0 saturated carbocycles. The van der Waals surface area contributed by atoms with E-state index in [0.29, 0.717) is 25.2 Å². The van der Waals surface area contributed by atoms with Crippen molar-refractivity contribution >= 4 is 17.8 Å². The number of carbonyl (C=O) groups is 3. The van der Waals surface area contributed by atoms with E-state index in [1.54, 1.807) is 0 Å². The van der Waals surface area contributed by atoms with E-state index in [-0.39, 0.29) is 25.3 Å². The van der Waals surface area contributed by atoms with Crippen LogP contribution >= 0.6 is 0 Å². The molecule has 0 spiro atoms. The summed E-state index contributed by atoms with van der Waals surface area (Å²) in [5.41, 5.74) is 5.33. The summed E-state index contributed by atoms with van der Waals surface area (Å²) in [6, 6.07) is -1.76. The van der Waals surface area contributed by atoms with Gasteiger partial charge in [-0.05, 0) is 19.3 Å². The number of aryl methyl sites for hydroxylation is 1. The normalized spacial score (nSPS) is 18.7. The highest BCUT2D eigenvalue weighted by Crippen LogP contribution is 2.17. The van der Waals surface area contributed by atoms with Gasteiger partial charge in [-0.3, -0.25) is 9.59 Å². The Labute approximate surface area is 131 Å². The average molecular weight is 325 g/mol. The second kappa shape index (κ2) is 7.63. The molecule has 23 heavy (non-hydrogen) atoms. The SMILES string of the molecule is NCC(=O)N1CCC[C@H]1C(=O)N[C@@H](CCc1nn[nH]n1)C(=O)O. The molecule has 1 fully saturated rings. The van der Waals surface area contributed by atoms with E-state index < -0.39 is 24.0 Å². The number of amides is 2. The molecule has 0 aliphatic carbocycles. The number of nitrogens with zero attached hydrogens (tertiary/aromatic N) is 4. The number of likely N-dealkylation sites (tertiary alicyclic amines) is 1. The summed E-state index contributed by atoms with van der Waals surface area (Å²) >= 11 is 0. The van der Waals surface area contributed by atoms with E-state index in [9.17, 15) is 19.5 Å². The number of carboxylic acid groups (broad SMARTS) is 1. The lowest BCUT2D eigenvalue weighted by Gasteiger charge is -2.25. The minimum Gasteiger partial charge on any atom is -0.480 e. The second-order valence-electron chi connectivity index (χ2n) is 5.22. The Balaban J connectivity index is 1.94. The fourth-order valence-corrected chi connectivity index (χ4v) is 2.54. The molecule has 11 heteroatoms. The van der Waals surface area contributed by atoms with Crippen LogP contribution in [0.1, 0.15) is 25.1 Å². The Kier molecular flexibility index (Phi) is 5.57. The minimum absolute atomic E-state index is 0.123. The molecule has 2 heterocycles. The second-order valence-corrected chi connectivity index (χ2v) is 5.22. The van der Waals surface area contributed by atoms with Crippen LogP contribution < -0.4 is 11.1 Å². The maximum absolute atomic E-state index is 12.3. The van der Waals surface area contributed by atoms with Crippen LogP contribution in [0, 0.1) is 0 Å². The van der Waals surface area contributed by atoms with Gasteiger partial charge >= 0.3 is 5.97 Å². The number of aromatic nitrogens is 4. The summed E-state index contributed by atoms with van der Waals surface area (Å²) in [4.78, 5) is 36.7. The molecule has 1 aliphatic heterocycles. The quantitative estimate of drug-likeness (QED) is 0.432. The third-order valence-corrected chi connectivity index (χ3v) is 3.71. The van der Waals surface area contributed by atoms with Gasteiger partial charge in [0.2, 0.25) is 11.8 Å². The summed E-state index contributed by atoms with van der Waals surface area (Å²) < 4.78 is 0. The average Bonchev–Trinajstić information content (AvgIpc) is 3.20. The largest absolute Gasteiger partial charge is 0.480 e. The molecular formula is C12H19N7O4. The fraction of sp³-hybridized carbons (Fsp3) is 0.667. The molecule has 1 aromatic rings. The summed E-state index contributed by atoms with van der Waals surface area (Å²) in [6.45, 7) is 0.276. The van der Waals surface area contributed by atoms with Gasteiger partial charge in [-0.2, -0.15) is 5.21 Å². The van der Waals surface area contributed by atoms with Gasteiger partial charge in [0, 0.05) is 13.0 Å². The number of nitrogens with one attached hydrogen (secondary N) is 2. The number of nitrogens with two attached hydrogens (primary N) is 1. The molecule has 1 aliphatic rings. The van der Waals surface area contributed by atoms with Crippen LogP contribution in [-0.2, 0) is 20.8 Å². The van der Waals surface area contributed by atoms with E-state index in [2.05, 4.69) is 25.9 Å². The number of carbonyl (C=O) groups excluding carboxylic acids is 2. The molecule has 126 valence electrons. The van der Waals surface area contributed by atoms with Crippen molar-refractivity contribution in [1.29, 1.82) is 0 Å². The van der Waals surface area contributed by atoms with Crippen LogP contribution in [0.25, 0.3) is 0 Å². The van der Waals surface area contributed by atoms with Crippen molar-refractivity contribution in [2.75, 3.05) is 13.1 Å². The smallest absolute Gasteiger partial charge is 0.326 e. The van der Waals surface area contributed by atoms with Crippen LogP contribution in [-0.4, -0.2) is 73.6 Å². The van der Waals surface area contributed by atoms with Crippen LogP contribution in [0.2, 0.25) is 0 Å². The van der Waals surface area contributed by atoms with Crippen LogP contribution in [0.3, 0.4) is 0 Å². The van der Waals surface area contributed by atoms with Crippen LogP contribution in [0.4, 0.5) is 0 Å². The maximum Gasteiger partial charge on any atom is 0.326 e. The predicted octanol–water partition coefficient (Wildman–Crippen LogP) is -2.35. The first-order chi connectivity index (χ1) is 11.0. The Morgan fingerprint density at radius 3 is 2.87 bits per heavy atom. The molecule has 11 nitrogen and oxygen atoms in total. The van der Waals surface area contributed by atoms with Crippen LogP contribution in [0.15, 0.2) is 0 Å². The zero-order chi connectivity index (χ0) is 16.8. The van der Waals surface area contributed by atoms with Crippen molar-refractivity contribution in [1.82, 2.24) is 30.8 Å². The van der Waals surface area contributed by atoms with Crippen LogP contribution in [0.5, 0.6) is 0 Å². The third kappa shape index (κ3) is 4.22. The van der Waals surface area contributed by atoms with Gasteiger partial charge in [0.05, 0.1) is 6.54 Å². The van der Waals surface area contributed by atoms with Gasteiger partial charge in [0.1, 0.15) is 12.1 Å². The molecule has 2 amide bonds. The number of tetrazole rings is 1. The summed E-state index contributed by atoms with van der Waals surface area (Å²) in [5.74, 6) is -1.59. The standard InChI is InChI=1S/C12H19N7O4/c13-6-10(20)19-5-1-2-8(19)11(21)14-7(12(22)23)3-4-9-15-17-18-16-9/h7-8H,1-6,13H2,(H,14,21)(H,22,23)(H,15,16,17,18)/t7-,8-/m0/s1. The highest BCUT2D eigenvalue weighted by Gasteiger charge is 2.35. The monoisotopic (exact) mass is 325 g/mol. The van der Waals surface area contributed by atoms with Crippen molar-refractivity contribution < 1.29 is 19.5 Å². The molecule has 2 atom stereocenters. The summed E-state index contributed by atoms with van der Waals surface area (Å²) in [7, 11) is 0. The molecule has 0 unspecified atom stereocenters. The van der Waals surface area contributed by atoms with Crippen molar-refractivity contribution in [2.24, 2.45) is 5.73 Å². The number of carboxylic acids is 1. The van der Waals surface area contributed by atoms with Gasteiger partial charge < -0.3 is 21.1 Å². The van der Waals surface area contributed by atoms with Gasteiger partial charge in [-0.1, -0.05) is 5.21 Å². The van der Waals surface area contributed by atoms with E-state index in [4.69, 9.17) is 5.73 Å². The lowest BCUT2D eigenvalue weighted by atomic mass is 10.1. The number of aliphatic carboxylic acids is 1. The molecular weight excluding hydrogens is 306 g/mol. The summed E-state index contributed by atoms with van der Waals surface area (Å²) in [5, 5.41) is 24.8. The minimum atomic E-state index is -1.16. The highest BCUT2D eigenvalue weighted by atomic mass is 16.4. The molecule has 5 N–H and O–H groups in total. The number of H-pyrrole nitrogens is 1. The van der Waals surface area contributed by atoms with Gasteiger partial charge in [-0.25, -0.2) is 4.79 Å².